The van der Waals surface area contributed by atoms with Gasteiger partial charge < -0.3 is 19.5 Å². The zero-order chi connectivity index (χ0) is 22.0. The lowest BCUT2D eigenvalue weighted by molar-refractivity contribution is -0.123. The normalized spacial score (nSPS) is 14.7. The molecule has 9 heteroatoms. The lowest BCUT2D eigenvalue weighted by Gasteiger charge is -2.36. The Morgan fingerprint density at radius 3 is 2.23 bits per heavy atom. The van der Waals surface area contributed by atoms with E-state index in [1.54, 1.807) is 27.5 Å². The zero-order valence-corrected chi connectivity index (χ0v) is 16.6. The van der Waals surface area contributed by atoms with Crippen LogP contribution >= 0.6 is 0 Å². The first-order valence-corrected chi connectivity index (χ1v) is 9.87. The number of amides is 2. The number of pyridine rings is 1. The van der Waals surface area contributed by atoms with E-state index in [1.807, 2.05) is 35.6 Å². The van der Waals surface area contributed by atoms with E-state index in [9.17, 15) is 22.8 Å². The molecule has 1 aliphatic heterocycles. The summed E-state index contributed by atoms with van der Waals surface area (Å²) >= 11 is 0. The highest BCUT2D eigenvalue weighted by Gasteiger charge is 2.28. The zero-order valence-electron chi connectivity index (χ0n) is 16.6. The molecule has 0 atom stereocenters. The van der Waals surface area contributed by atoms with Gasteiger partial charge >= 0.3 is 6.18 Å². The van der Waals surface area contributed by atoms with Crippen molar-refractivity contribution in [1.82, 2.24) is 14.6 Å². The molecule has 2 amide bonds. The number of halogens is 3. The molecule has 1 aliphatic rings. The van der Waals surface area contributed by atoms with Gasteiger partial charge in [0.1, 0.15) is 12.4 Å². The number of nitrogens with zero attached hydrogens (tertiary/aromatic N) is 3. The van der Waals surface area contributed by atoms with Gasteiger partial charge in [0.2, 0.25) is 0 Å². The average Bonchev–Trinajstić information content (AvgIpc) is 3.20. The van der Waals surface area contributed by atoms with Gasteiger partial charge in [-0.05, 0) is 36.4 Å². The lowest BCUT2D eigenvalue weighted by atomic mass is 10.2. The molecular weight excluding hydrogens is 409 g/mol. The number of fused-ring (bicyclic) bond motifs is 1. The van der Waals surface area contributed by atoms with E-state index >= 15 is 0 Å². The second-order valence-electron chi connectivity index (χ2n) is 7.35. The largest absolute Gasteiger partial charge is 0.405 e. The topological polar surface area (TPSA) is 57.1 Å². The minimum Gasteiger partial charge on any atom is -0.354 e. The van der Waals surface area contributed by atoms with E-state index in [1.165, 1.54) is 12.3 Å². The van der Waals surface area contributed by atoms with Gasteiger partial charge in [0, 0.05) is 43.5 Å². The Morgan fingerprint density at radius 2 is 1.55 bits per heavy atom. The van der Waals surface area contributed by atoms with Gasteiger partial charge in [0.15, 0.2) is 0 Å². The highest BCUT2D eigenvalue weighted by atomic mass is 19.4. The molecule has 1 saturated heterocycles. The standard InChI is InChI=1S/C22H21F3N4O2/c23-22(24,25)15-26-20(30)17-6-7-18-8-9-19(29(18)14-17)27-10-12-28(13-11-27)21(31)16-4-2-1-3-5-16/h1-9,14H,10-13,15H2,(H,26,30). The van der Waals surface area contributed by atoms with E-state index < -0.39 is 18.6 Å². The van der Waals surface area contributed by atoms with Crippen LogP contribution in [0.4, 0.5) is 19.0 Å². The molecule has 162 valence electrons. The van der Waals surface area contributed by atoms with Crippen LogP contribution in [0.3, 0.4) is 0 Å². The number of alkyl halides is 3. The third-order valence-electron chi connectivity index (χ3n) is 5.25. The summed E-state index contributed by atoms with van der Waals surface area (Å²) < 4.78 is 38.9. The maximum atomic E-state index is 12.6. The molecule has 1 fully saturated rings. The fraction of sp³-hybridized carbons (Fsp3) is 0.273. The minimum atomic E-state index is -4.46. The van der Waals surface area contributed by atoms with Gasteiger partial charge in [-0.3, -0.25) is 9.59 Å². The van der Waals surface area contributed by atoms with E-state index in [4.69, 9.17) is 0 Å². The molecule has 0 bridgehead atoms. The summed E-state index contributed by atoms with van der Waals surface area (Å²) in [6.07, 6.45) is -2.92. The molecule has 1 aromatic carbocycles. The van der Waals surface area contributed by atoms with Crippen LogP contribution in [-0.4, -0.2) is 60.0 Å². The van der Waals surface area contributed by atoms with Crippen LogP contribution in [0, 0.1) is 0 Å². The number of carbonyl (C=O) groups excluding carboxylic acids is 2. The molecule has 3 heterocycles. The summed E-state index contributed by atoms with van der Waals surface area (Å²) in [7, 11) is 0. The maximum absolute atomic E-state index is 12.6. The molecule has 4 rings (SSSR count). The third-order valence-corrected chi connectivity index (χ3v) is 5.25. The van der Waals surface area contributed by atoms with Gasteiger partial charge in [0.05, 0.1) is 5.56 Å². The summed E-state index contributed by atoms with van der Waals surface area (Å²) in [5, 5.41) is 1.89. The number of aromatic nitrogens is 1. The van der Waals surface area contributed by atoms with Crippen LogP contribution in [-0.2, 0) is 0 Å². The highest BCUT2D eigenvalue weighted by molar-refractivity contribution is 5.95. The fourth-order valence-corrected chi connectivity index (χ4v) is 3.66. The summed E-state index contributed by atoms with van der Waals surface area (Å²) in [5.41, 5.74) is 1.62. The summed E-state index contributed by atoms with van der Waals surface area (Å²) in [4.78, 5) is 28.6. The molecule has 6 nitrogen and oxygen atoms in total. The number of benzene rings is 1. The van der Waals surface area contributed by atoms with Crippen LogP contribution in [0.1, 0.15) is 20.7 Å². The molecule has 31 heavy (non-hydrogen) atoms. The number of carbonyl (C=O) groups is 2. The van der Waals surface area contributed by atoms with Crippen molar-refractivity contribution in [2.75, 3.05) is 37.6 Å². The quantitative estimate of drug-likeness (QED) is 0.692. The van der Waals surface area contributed by atoms with Gasteiger partial charge in [-0.15, -0.1) is 0 Å². The first-order chi connectivity index (χ1) is 14.8. The summed E-state index contributed by atoms with van der Waals surface area (Å²) in [6, 6.07) is 16.1. The van der Waals surface area contributed by atoms with E-state index in [0.717, 1.165) is 11.3 Å². The molecule has 0 saturated carbocycles. The van der Waals surface area contributed by atoms with E-state index in [-0.39, 0.29) is 11.5 Å². The molecule has 0 unspecified atom stereocenters. The molecule has 0 spiro atoms. The number of hydrogen-bond acceptors (Lipinski definition) is 3. The lowest BCUT2D eigenvalue weighted by Crippen LogP contribution is -2.49. The van der Waals surface area contributed by atoms with Crippen molar-refractivity contribution in [3.63, 3.8) is 0 Å². The summed E-state index contributed by atoms with van der Waals surface area (Å²) in [5.74, 6) is 0.0355. The van der Waals surface area contributed by atoms with Crippen molar-refractivity contribution < 1.29 is 22.8 Å². The molecule has 0 aliphatic carbocycles. The smallest absolute Gasteiger partial charge is 0.354 e. The van der Waals surface area contributed by atoms with Gasteiger partial charge in [-0.2, -0.15) is 13.2 Å². The fourth-order valence-electron chi connectivity index (χ4n) is 3.66. The van der Waals surface area contributed by atoms with E-state index in [2.05, 4.69) is 4.90 Å². The Balaban J connectivity index is 1.46. The third kappa shape index (κ3) is 4.65. The average molecular weight is 430 g/mol. The van der Waals surface area contributed by atoms with Crippen molar-refractivity contribution in [1.29, 1.82) is 0 Å². The Morgan fingerprint density at radius 1 is 0.871 bits per heavy atom. The Labute approximate surface area is 176 Å². The molecule has 3 aromatic rings. The first kappa shape index (κ1) is 20.8. The van der Waals surface area contributed by atoms with Crippen LogP contribution < -0.4 is 10.2 Å². The number of piperazine rings is 1. The van der Waals surface area contributed by atoms with Crippen molar-refractivity contribution in [2.45, 2.75) is 6.18 Å². The van der Waals surface area contributed by atoms with Crippen molar-refractivity contribution in [3.8, 4) is 0 Å². The van der Waals surface area contributed by atoms with Gasteiger partial charge in [-0.1, -0.05) is 18.2 Å². The van der Waals surface area contributed by atoms with Crippen molar-refractivity contribution >= 4 is 23.1 Å². The Bertz CT molecular complexity index is 1090. The highest BCUT2D eigenvalue weighted by Crippen LogP contribution is 2.22. The van der Waals surface area contributed by atoms with Gasteiger partial charge in [-0.25, -0.2) is 0 Å². The minimum absolute atomic E-state index is 0.0103. The SMILES string of the molecule is O=C(NCC(F)(F)F)c1ccc2ccc(N3CCN(C(=O)c4ccccc4)CC3)n2c1. The maximum Gasteiger partial charge on any atom is 0.405 e. The van der Waals surface area contributed by atoms with Crippen molar-refractivity contribution in [3.05, 3.63) is 71.9 Å². The number of anilines is 1. The number of hydrogen-bond donors (Lipinski definition) is 1. The van der Waals surface area contributed by atoms with E-state index in [0.29, 0.717) is 31.7 Å². The van der Waals surface area contributed by atoms with Crippen LogP contribution in [0.25, 0.3) is 5.52 Å². The molecule has 0 radical (unpaired) electrons. The number of nitrogens with one attached hydrogen (secondary N) is 1. The second-order valence-corrected chi connectivity index (χ2v) is 7.35. The Hall–Kier alpha value is -3.49. The monoisotopic (exact) mass is 430 g/mol. The van der Waals surface area contributed by atoms with Crippen molar-refractivity contribution in [2.24, 2.45) is 0 Å². The first-order valence-electron chi connectivity index (χ1n) is 9.87. The number of rotatable bonds is 4. The second kappa shape index (κ2) is 8.33. The molecule has 1 N–H and O–H groups in total. The summed E-state index contributed by atoms with van der Waals surface area (Å²) in [6.45, 7) is 0.934. The molecular formula is C22H21F3N4O2. The predicted octanol–water partition coefficient (Wildman–Crippen LogP) is 3.19. The van der Waals surface area contributed by atoms with Crippen LogP contribution in [0.5, 0.6) is 0 Å². The Kier molecular flexibility index (Phi) is 5.58. The van der Waals surface area contributed by atoms with Crippen LogP contribution in [0.2, 0.25) is 0 Å². The predicted molar refractivity (Wildman–Crippen MR) is 110 cm³/mol. The molecule has 2 aromatic heterocycles. The van der Waals surface area contributed by atoms with Crippen LogP contribution in [0.15, 0.2) is 60.8 Å². The van der Waals surface area contributed by atoms with Gasteiger partial charge in [0.25, 0.3) is 11.8 Å².